The van der Waals surface area contributed by atoms with Gasteiger partial charge in [-0.05, 0) is 29.5 Å². The van der Waals surface area contributed by atoms with Crippen molar-refractivity contribution in [2.24, 2.45) is 0 Å². The van der Waals surface area contributed by atoms with E-state index >= 15 is 0 Å². The second kappa shape index (κ2) is 14.8. The van der Waals surface area contributed by atoms with Crippen LogP contribution < -0.4 is 15.0 Å². The van der Waals surface area contributed by atoms with Gasteiger partial charge < -0.3 is 15.0 Å². The zero-order chi connectivity index (χ0) is 28.3. The van der Waals surface area contributed by atoms with E-state index in [0.29, 0.717) is 6.42 Å². The van der Waals surface area contributed by atoms with Crippen molar-refractivity contribution >= 4 is 28.1 Å². The number of nitrogens with zero attached hydrogens (tertiary/aromatic N) is 1. The van der Waals surface area contributed by atoms with Crippen LogP contribution in [0.25, 0.3) is 10.8 Å². The Bertz CT molecular complexity index is 1270. The fourth-order valence-corrected chi connectivity index (χ4v) is 6.79. The number of nitrogens with one attached hydrogen (secondary N) is 1. The normalized spacial score (nSPS) is 17.5. The van der Waals surface area contributed by atoms with Gasteiger partial charge in [-0.1, -0.05) is 152 Å². The van der Waals surface area contributed by atoms with Crippen molar-refractivity contribution in [1.82, 2.24) is 0 Å². The first-order chi connectivity index (χ1) is 20.2. The van der Waals surface area contributed by atoms with Crippen LogP contribution in [0, 0.1) is 0 Å². The largest absolute Gasteiger partial charge is 0.456 e. The Hall–Kier alpha value is -3.01. The van der Waals surface area contributed by atoms with Gasteiger partial charge in [-0.25, -0.2) is 0 Å². The Morgan fingerprint density at radius 2 is 1.29 bits per heavy atom. The molecule has 3 aromatic carbocycles. The van der Waals surface area contributed by atoms with Gasteiger partial charge in [0, 0.05) is 24.0 Å². The second-order valence-corrected chi connectivity index (χ2v) is 12.3. The highest BCUT2D eigenvalue weighted by Gasteiger charge is 2.54. The number of ether oxygens (including phenoxy) is 1. The molecule has 2 aliphatic rings. The molecule has 1 unspecified atom stereocenters. The molecule has 0 radical (unpaired) electrons. The Kier molecular flexibility index (Phi) is 10.6. The predicted octanol–water partition coefficient (Wildman–Crippen LogP) is 10.2. The third-order valence-electron chi connectivity index (χ3n) is 9.15. The lowest BCUT2D eigenvalue weighted by Crippen LogP contribution is -2.62. The van der Waals surface area contributed by atoms with Crippen molar-refractivity contribution < 1.29 is 9.53 Å². The molecule has 4 heteroatoms. The van der Waals surface area contributed by atoms with Gasteiger partial charge >= 0.3 is 0 Å². The molecule has 4 nitrogen and oxygen atoms in total. The van der Waals surface area contributed by atoms with E-state index in [1.54, 1.807) is 0 Å². The Labute approximate surface area is 247 Å². The molecule has 220 valence electrons. The number of hydrogen-bond donors (Lipinski definition) is 1. The van der Waals surface area contributed by atoms with Crippen molar-refractivity contribution in [3.05, 3.63) is 66.2 Å². The number of anilines is 2. The van der Waals surface area contributed by atoms with Crippen LogP contribution >= 0.6 is 0 Å². The van der Waals surface area contributed by atoms with E-state index in [0.717, 1.165) is 40.9 Å². The third-order valence-corrected chi connectivity index (χ3v) is 9.15. The van der Waals surface area contributed by atoms with E-state index in [1.165, 1.54) is 102 Å². The molecule has 41 heavy (non-hydrogen) atoms. The van der Waals surface area contributed by atoms with Gasteiger partial charge in [-0.15, -0.1) is 0 Å². The van der Waals surface area contributed by atoms with Crippen molar-refractivity contribution in [2.45, 2.75) is 122 Å². The van der Waals surface area contributed by atoms with Gasteiger partial charge in [0.15, 0.2) is 0 Å². The van der Waals surface area contributed by atoms with Crippen LogP contribution in [-0.4, -0.2) is 18.2 Å². The summed E-state index contributed by atoms with van der Waals surface area (Å²) in [5, 5.41) is 5.38. The number of benzene rings is 3. The molecule has 1 amide bonds. The Morgan fingerprint density at radius 1 is 0.707 bits per heavy atom. The van der Waals surface area contributed by atoms with Crippen LogP contribution in [-0.2, 0) is 11.2 Å². The zero-order valence-corrected chi connectivity index (χ0v) is 25.3. The first-order valence-corrected chi connectivity index (χ1v) is 16.6. The maximum absolute atomic E-state index is 13.8. The van der Waals surface area contributed by atoms with Crippen LogP contribution in [0.4, 0.5) is 11.4 Å². The van der Waals surface area contributed by atoms with Crippen LogP contribution in [0.1, 0.15) is 115 Å². The molecule has 0 fully saturated rings. The number of hydrogen-bond acceptors (Lipinski definition) is 3. The van der Waals surface area contributed by atoms with E-state index in [2.05, 4.69) is 53.5 Å². The van der Waals surface area contributed by atoms with E-state index in [-0.39, 0.29) is 5.91 Å². The topological polar surface area (TPSA) is 41.6 Å². The van der Waals surface area contributed by atoms with E-state index in [4.69, 9.17) is 4.74 Å². The van der Waals surface area contributed by atoms with Crippen LogP contribution in [0.2, 0.25) is 0 Å². The monoisotopic (exact) mass is 554 g/mol. The molecule has 5 rings (SSSR count). The summed E-state index contributed by atoms with van der Waals surface area (Å²) in [6.07, 6.45) is 22.3. The van der Waals surface area contributed by atoms with Gasteiger partial charge in [0.1, 0.15) is 5.75 Å². The lowest BCUT2D eigenvalue weighted by atomic mass is 10.0. The minimum atomic E-state index is -1.02. The molecule has 0 saturated carbocycles. The maximum Gasteiger partial charge on any atom is 0.290 e. The molecule has 0 bridgehead atoms. The second-order valence-electron chi connectivity index (χ2n) is 12.3. The summed E-state index contributed by atoms with van der Waals surface area (Å²) < 4.78 is 6.69. The van der Waals surface area contributed by atoms with Crippen molar-refractivity contribution in [3.8, 4) is 5.75 Å². The molecule has 2 aliphatic heterocycles. The van der Waals surface area contributed by atoms with Crippen LogP contribution in [0.15, 0.2) is 60.7 Å². The fraction of sp³-hybridized carbons (Fsp3) is 0.541. The number of carbonyl (C=O) groups excluding carboxylic acids is 1. The zero-order valence-electron chi connectivity index (χ0n) is 25.3. The highest BCUT2D eigenvalue weighted by molar-refractivity contribution is 6.10. The van der Waals surface area contributed by atoms with Gasteiger partial charge in [0.05, 0.1) is 5.69 Å². The van der Waals surface area contributed by atoms with Crippen molar-refractivity contribution in [1.29, 1.82) is 0 Å². The fourth-order valence-electron chi connectivity index (χ4n) is 6.79. The average molecular weight is 555 g/mol. The summed E-state index contributed by atoms with van der Waals surface area (Å²) in [5.41, 5.74) is 2.09. The lowest BCUT2D eigenvalue weighted by molar-refractivity contribution is -0.131. The third kappa shape index (κ3) is 7.08. The molecule has 2 heterocycles. The summed E-state index contributed by atoms with van der Waals surface area (Å²) in [5.74, 6) is 0.696. The first kappa shape index (κ1) is 29.5. The average Bonchev–Trinajstić information content (AvgIpc) is 3.31. The van der Waals surface area contributed by atoms with Crippen LogP contribution in [0.5, 0.6) is 5.75 Å². The van der Waals surface area contributed by atoms with Crippen LogP contribution in [0.3, 0.4) is 0 Å². The molecule has 1 N–H and O–H groups in total. The quantitative estimate of drug-likeness (QED) is 0.169. The number of unbranched alkanes of at least 4 members (excludes halogenated alkanes) is 15. The number of para-hydroxylation sites is 1. The summed E-state index contributed by atoms with van der Waals surface area (Å²) in [6.45, 7) is 3.11. The molecular formula is C37H50N2O2. The number of rotatable bonds is 17. The highest BCUT2D eigenvalue weighted by atomic mass is 16.5. The van der Waals surface area contributed by atoms with Crippen molar-refractivity contribution in [3.63, 3.8) is 0 Å². The summed E-state index contributed by atoms with van der Waals surface area (Å²) in [4.78, 5) is 16.0. The van der Waals surface area contributed by atoms with E-state index in [9.17, 15) is 4.79 Å². The number of fused-ring (bicyclic) bond motifs is 4. The van der Waals surface area contributed by atoms with Crippen molar-refractivity contribution in [2.75, 3.05) is 16.8 Å². The minimum Gasteiger partial charge on any atom is -0.456 e. The molecule has 0 aromatic heterocycles. The van der Waals surface area contributed by atoms with Gasteiger partial charge in [-0.3, -0.25) is 4.79 Å². The number of carbonyl (C=O) groups is 1. The highest BCUT2D eigenvalue weighted by Crippen LogP contribution is 2.47. The standard InChI is InChI=1S/C37H50N2O2/c1-2-3-4-5-6-7-8-9-10-11-12-13-14-15-16-21-28-39-33-25-20-18-23-31(33)29-37(39)36(40)38-35-32-24-19-17-22-30(32)26-27-34(35)41-37/h17-20,22-27H,2-16,21,28-29H2,1H3,(H,38,40). The molecule has 1 atom stereocenters. The SMILES string of the molecule is CCCCCCCCCCCCCCCCCCN1c2ccccc2CC12Oc1ccc3ccccc3c1NC2=O. The van der Waals surface area contributed by atoms with Gasteiger partial charge in [-0.2, -0.15) is 0 Å². The van der Waals surface area contributed by atoms with E-state index in [1.807, 2.05) is 24.3 Å². The molecule has 0 aliphatic carbocycles. The summed E-state index contributed by atoms with van der Waals surface area (Å²) in [6, 6.07) is 20.7. The summed E-state index contributed by atoms with van der Waals surface area (Å²) >= 11 is 0. The molecule has 1 spiro atoms. The van der Waals surface area contributed by atoms with Gasteiger partial charge in [0.2, 0.25) is 0 Å². The van der Waals surface area contributed by atoms with Gasteiger partial charge in [0.25, 0.3) is 11.6 Å². The van der Waals surface area contributed by atoms with E-state index < -0.39 is 5.72 Å². The lowest BCUT2D eigenvalue weighted by Gasteiger charge is -2.42. The molecule has 3 aromatic rings. The first-order valence-electron chi connectivity index (χ1n) is 16.6. The Balaban J connectivity index is 1.06. The molecular weight excluding hydrogens is 504 g/mol. The predicted molar refractivity (Wildman–Crippen MR) is 173 cm³/mol. The Morgan fingerprint density at radius 3 is 1.98 bits per heavy atom. The summed E-state index contributed by atoms with van der Waals surface area (Å²) in [7, 11) is 0. The smallest absolute Gasteiger partial charge is 0.290 e. The number of amides is 1. The minimum absolute atomic E-state index is 0.0611. The maximum atomic E-state index is 13.8. The molecule has 0 saturated heterocycles.